The summed E-state index contributed by atoms with van der Waals surface area (Å²) < 4.78 is 11.5. The first-order valence-electron chi connectivity index (χ1n) is 8.60. The first kappa shape index (κ1) is 16.9. The number of ether oxygens (including phenoxy) is 2. The van der Waals surface area contributed by atoms with Gasteiger partial charge in [-0.15, -0.1) is 0 Å². The lowest BCUT2D eigenvalue weighted by molar-refractivity contribution is 0.101. The minimum absolute atomic E-state index is 0.0306. The van der Waals surface area contributed by atoms with E-state index in [1.165, 1.54) is 12.8 Å². The zero-order chi connectivity index (χ0) is 18.1. The quantitative estimate of drug-likeness (QED) is 0.526. The fraction of sp³-hybridized carbons (Fsp3) is 0.238. The molecule has 4 nitrogen and oxygen atoms in total. The molecule has 0 spiro atoms. The van der Waals surface area contributed by atoms with Crippen molar-refractivity contribution in [1.29, 1.82) is 0 Å². The van der Waals surface area contributed by atoms with Crippen LogP contribution >= 0.6 is 11.6 Å². The van der Waals surface area contributed by atoms with Gasteiger partial charge < -0.3 is 9.47 Å². The van der Waals surface area contributed by atoms with Crippen molar-refractivity contribution in [2.45, 2.75) is 19.8 Å². The molecule has 1 saturated carbocycles. The van der Waals surface area contributed by atoms with E-state index in [0.29, 0.717) is 28.1 Å². The standard InChI is InChI=1S/C21H18ClNO3/c1-13(24)15-4-7-19-16(10-15)5-9-21(23-19)26-20-8-6-17(11-18(20)22)25-12-14-2-3-14/h4-11,14H,2-3,12H2,1H3. The molecule has 0 atom stereocenters. The molecule has 26 heavy (non-hydrogen) atoms. The highest BCUT2D eigenvalue weighted by atomic mass is 35.5. The zero-order valence-corrected chi connectivity index (χ0v) is 15.1. The molecule has 3 aromatic rings. The minimum Gasteiger partial charge on any atom is -0.493 e. The molecule has 1 fully saturated rings. The first-order valence-corrected chi connectivity index (χ1v) is 8.98. The number of ketones is 1. The number of carbonyl (C=O) groups is 1. The number of hydrogen-bond donors (Lipinski definition) is 0. The number of halogens is 1. The molecular weight excluding hydrogens is 350 g/mol. The molecule has 0 aliphatic heterocycles. The van der Waals surface area contributed by atoms with Crippen LogP contribution < -0.4 is 9.47 Å². The molecule has 0 radical (unpaired) electrons. The van der Waals surface area contributed by atoms with E-state index in [9.17, 15) is 4.79 Å². The van der Waals surface area contributed by atoms with Crippen molar-refractivity contribution in [3.05, 3.63) is 59.1 Å². The molecule has 0 bridgehead atoms. The second-order valence-corrected chi connectivity index (χ2v) is 6.97. The van der Waals surface area contributed by atoms with Gasteiger partial charge in [-0.1, -0.05) is 11.6 Å². The smallest absolute Gasteiger partial charge is 0.219 e. The summed E-state index contributed by atoms with van der Waals surface area (Å²) in [4.78, 5) is 16.0. The maximum Gasteiger partial charge on any atom is 0.219 e. The molecule has 0 amide bonds. The topological polar surface area (TPSA) is 48.4 Å². The van der Waals surface area contributed by atoms with E-state index < -0.39 is 0 Å². The van der Waals surface area contributed by atoms with Gasteiger partial charge >= 0.3 is 0 Å². The highest BCUT2D eigenvalue weighted by Crippen LogP contribution is 2.34. The number of fused-ring (bicyclic) bond motifs is 1. The van der Waals surface area contributed by atoms with Crippen molar-refractivity contribution < 1.29 is 14.3 Å². The Kier molecular flexibility index (Phi) is 4.51. The third kappa shape index (κ3) is 3.81. The van der Waals surface area contributed by atoms with E-state index in [1.807, 2.05) is 24.3 Å². The predicted molar refractivity (Wildman–Crippen MR) is 101 cm³/mol. The minimum atomic E-state index is 0.0306. The Labute approximate surface area is 156 Å². The van der Waals surface area contributed by atoms with Gasteiger partial charge in [0.15, 0.2) is 5.78 Å². The van der Waals surface area contributed by atoms with Crippen molar-refractivity contribution in [3.63, 3.8) is 0 Å². The van der Waals surface area contributed by atoms with Crippen molar-refractivity contribution in [2.75, 3.05) is 6.61 Å². The molecule has 1 aliphatic rings. The first-order chi connectivity index (χ1) is 12.6. The summed E-state index contributed by atoms with van der Waals surface area (Å²) >= 11 is 6.31. The number of carbonyl (C=O) groups excluding carboxylic acids is 1. The lowest BCUT2D eigenvalue weighted by Crippen LogP contribution is -1.99. The average Bonchev–Trinajstić information content (AvgIpc) is 3.46. The number of rotatable bonds is 6. The number of hydrogen-bond acceptors (Lipinski definition) is 4. The van der Waals surface area contributed by atoms with Crippen LogP contribution in [-0.4, -0.2) is 17.4 Å². The summed E-state index contributed by atoms with van der Waals surface area (Å²) in [5, 5.41) is 1.37. The van der Waals surface area contributed by atoms with Gasteiger partial charge in [0.2, 0.25) is 5.88 Å². The molecule has 0 unspecified atom stereocenters. The molecule has 1 aromatic heterocycles. The molecule has 4 rings (SSSR count). The Hall–Kier alpha value is -2.59. The zero-order valence-electron chi connectivity index (χ0n) is 14.4. The van der Waals surface area contributed by atoms with Crippen LogP contribution in [0.15, 0.2) is 48.5 Å². The van der Waals surface area contributed by atoms with E-state index in [-0.39, 0.29) is 5.78 Å². The van der Waals surface area contributed by atoms with Crippen LogP contribution in [0.4, 0.5) is 0 Å². The van der Waals surface area contributed by atoms with E-state index in [0.717, 1.165) is 23.3 Å². The Morgan fingerprint density at radius 3 is 2.73 bits per heavy atom. The summed E-state index contributed by atoms with van der Waals surface area (Å²) in [6.07, 6.45) is 2.49. The largest absolute Gasteiger partial charge is 0.493 e. The Balaban J connectivity index is 1.52. The highest BCUT2D eigenvalue weighted by Gasteiger charge is 2.22. The third-order valence-electron chi connectivity index (χ3n) is 4.37. The van der Waals surface area contributed by atoms with E-state index in [4.69, 9.17) is 21.1 Å². The fourth-order valence-corrected chi connectivity index (χ4v) is 2.86. The van der Waals surface area contributed by atoms with Crippen molar-refractivity contribution in [3.8, 4) is 17.4 Å². The number of benzene rings is 2. The summed E-state index contributed by atoms with van der Waals surface area (Å²) in [5.74, 6) is 2.44. The summed E-state index contributed by atoms with van der Waals surface area (Å²) in [7, 11) is 0. The van der Waals surface area contributed by atoms with Crippen molar-refractivity contribution in [2.24, 2.45) is 5.92 Å². The second kappa shape index (κ2) is 6.96. The molecular formula is C21H18ClNO3. The van der Waals surface area contributed by atoms with Crippen LogP contribution in [0, 0.1) is 5.92 Å². The summed E-state index contributed by atoms with van der Waals surface area (Å²) in [6, 6.07) is 14.5. The van der Waals surface area contributed by atoms with Crippen LogP contribution in [0.3, 0.4) is 0 Å². The number of nitrogens with zero attached hydrogens (tertiary/aromatic N) is 1. The van der Waals surface area contributed by atoms with Crippen LogP contribution in [0.1, 0.15) is 30.1 Å². The van der Waals surface area contributed by atoms with Crippen molar-refractivity contribution in [1.82, 2.24) is 4.98 Å². The van der Waals surface area contributed by atoms with E-state index in [2.05, 4.69) is 4.98 Å². The average molecular weight is 368 g/mol. The Morgan fingerprint density at radius 1 is 1.15 bits per heavy atom. The molecule has 1 heterocycles. The number of aromatic nitrogens is 1. The summed E-state index contributed by atoms with van der Waals surface area (Å²) in [5.41, 5.74) is 1.42. The van der Waals surface area contributed by atoms with Gasteiger partial charge in [0, 0.05) is 23.1 Å². The Morgan fingerprint density at radius 2 is 2.00 bits per heavy atom. The lowest BCUT2D eigenvalue weighted by atomic mass is 10.1. The predicted octanol–water partition coefficient (Wildman–Crippen LogP) is 5.67. The van der Waals surface area contributed by atoms with Crippen LogP contribution in [0.2, 0.25) is 5.02 Å². The number of pyridine rings is 1. The lowest BCUT2D eigenvalue weighted by Gasteiger charge is -2.10. The molecule has 0 N–H and O–H groups in total. The molecule has 5 heteroatoms. The van der Waals surface area contributed by atoms with Gasteiger partial charge in [-0.3, -0.25) is 4.79 Å². The second-order valence-electron chi connectivity index (χ2n) is 6.56. The van der Waals surface area contributed by atoms with E-state index in [1.54, 1.807) is 31.2 Å². The van der Waals surface area contributed by atoms with Crippen LogP contribution in [0.25, 0.3) is 10.9 Å². The molecule has 1 aliphatic carbocycles. The van der Waals surface area contributed by atoms with Gasteiger partial charge in [-0.25, -0.2) is 4.98 Å². The fourth-order valence-electron chi connectivity index (χ4n) is 2.65. The van der Waals surface area contributed by atoms with Gasteiger partial charge in [-0.2, -0.15) is 0 Å². The van der Waals surface area contributed by atoms with Gasteiger partial charge in [0.1, 0.15) is 11.5 Å². The molecule has 0 saturated heterocycles. The normalized spacial score (nSPS) is 13.6. The van der Waals surface area contributed by atoms with Gasteiger partial charge in [0.25, 0.3) is 0 Å². The van der Waals surface area contributed by atoms with Crippen molar-refractivity contribution >= 4 is 28.3 Å². The molecule has 132 valence electrons. The van der Waals surface area contributed by atoms with Crippen LogP contribution in [-0.2, 0) is 0 Å². The maximum absolute atomic E-state index is 11.5. The van der Waals surface area contributed by atoms with Crippen LogP contribution in [0.5, 0.6) is 17.4 Å². The number of Topliss-reactive ketones (excluding diaryl/α,β-unsaturated/α-hetero) is 1. The maximum atomic E-state index is 11.5. The Bertz CT molecular complexity index is 982. The van der Waals surface area contributed by atoms with E-state index >= 15 is 0 Å². The van der Waals surface area contributed by atoms with Gasteiger partial charge in [0.05, 0.1) is 17.1 Å². The monoisotopic (exact) mass is 367 g/mol. The third-order valence-corrected chi connectivity index (χ3v) is 4.67. The van der Waals surface area contributed by atoms with Gasteiger partial charge in [-0.05, 0) is 62.1 Å². The SMILES string of the molecule is CC(=O)c1ccc2nc(Oc3ccc(OCC4CC4)cc3Cl)ccc2c1. The summed E-state index contributed by atoms with van der Waals surface area (Å²) in [6.45, 7) is 2.29. The highest BCUT2D eigenvalue weighted by molar-refractivity contribution is 6.32. The molecule has 2 aromatic carbocycles.